The Labute approximate surface area is 179 Å². The smallest absolute Gasteiger partial charge is 0.264 e. The number of β-amino-alcohol motifs (C(OH)–C–C–N with tert-alkyl or cyclic N) is 1. The number of thiophene rings is 1. The first kappa shape index (κ1) is 19.6. The summed E-state index contributed by atoms with van der Waals surface area (Å²) < 4.78 is 6.07. The number of rotatable bonds is 3. The van der Waals surface area contributed by atoms with Crippen molar-refractivity contribution in [2.24, 2.45) is 0 Å². The number of fused-ring (bicyclic) bond motifs is 2. The molecule has 1 saturated heterocycles. The van der Waals surface area contributed by atoms with Crippen LogP contribution in [-0.4, -0.2) is 47.1 Å². The second-order valence-corrected chi connectivity index (χ2v) is 9.29. The van der Waals surface area contributed by atoms with Crippen LogP contribution in [0.2, 0.25) is 0 Å². The first-order valence-electron chi connectivity index (χ1n) is 10.7. The van der Waals surface area contributed by atoms with Crippen molar-refractivity contribution in [1.82, 2.24) is 4.90 Å². The molecular formula is C23H26N2O4S. The number of piperidine rings is 1. The SMILES string of the molecule is O=C1CCc2cc(O[C@@H]3CCN(C(=O)c4scc5c4CCCC5)C[C@H]3O)ccc2N1. The highest BCUT2D eigenvalue weighted by Gasteiger charge is 2.34. The molecule has 3 heterocycles. The fraction of sp³-hybridized carbons (Fsp3) is 0.478. The summed E-state index contributed by atoms with van der Waals surface area (Å²) >= 11 is 1.55. The molecule has 0 saturated carbocycles. The van der Waals surface area contributed by atoms with Crippen molar-refractivity contribution in [3.63, 3.8) is 0 Å². The number of amides is 2. The van der Waals surface area contributed by atoms with Crippen LogP contribution in [0.4, 0.5) is 5.69 Å². The van der Waals surface area contributed by atoms with Crippen LogP contribution in [0, 0.1) is 0 Å². The van der Waals surface area contributed by atoms with Gasteiger partial charge in [0, 0.05) is 25.1 Å². The van der Waals surface area contributed by atoms with Gasteiger partial charge >= 0.3 is 0 Å². The Morgan fingerprint density at radius 2 is 2.03 bits per heavy atom. The highest BCUT2D eigenvalue weighted by Crippen LogP contribution is 2.32. The third-order valence-corrected chi connectivity index (χ3v) is 7.42. The number of ether oxygens (including phenoxy) is 1. The Kier molecular flexibility index (Phi) is 5.25. The largest absolute Gasteiger partial charge is 0.488 e. The van der Waals surface area contributed by atoms with Crippen LogP contribution in [0.3, 0.4) is 0 Å². The molecule has 2 aromatic rings. The average Bonchev–Trinajstić information content (AvgIpc) is 3.19. The molecule has 2 amide bonds. The van der Waals surface area contributed by atoms with Crippen LogP contribution in [0.25, 0.3) is 0 Å². The molecule has 2 atom stereocenters. The summed E-state index contributed by atoms with van der Waals surface area (Å²) in [6, 6.07) is 5.62. The lowest BCUT2D eigenvalue weighted by atomic mass is 9.93. The first-order valence-corrected chi connectivity index (χ1v) is 11.6. The monoisotopic (exact) mass is 426 g/mol. The van der Waals surface area contributed by atoms with Gasteiger partial charge in [0.05, 0.1) is 11.4 Å². The molecule has 1 aromatic carbocycles. The zero-order chi connectivity index (χ0) is 20.7. The van der Waals surface area contributed by atoms with E-state index in [9.17, 15) is 14.7 Å². The van der Waals surface area contributed by atoms with Crippen LogP contribution in [0.1, 0.15) is 52.0 Å². The molecule has 3 aliphatic rings. The highest BCUT2D eigenvalue weighted by atomic mass is 32.1. The van der Waals surface area contributed by atoms with Gasteiger partial charge in [-0.05, 0) is 72.4 Å². The topological polar surface area (TPSA) is 78.9 Å². The number of nitrogens with one attached hydrogen (secondary N) is 1. The normalized spacial score (nSPS) is 23.4. The van der Waals surface area contributed by atoms with E-state index in [4.69, 9.17) is 4.74 Å². The van der Waals surface area contributed by atoms with E-state index in [1.54, 1.807) is 16.2 Å². The number of aliphatic hydroxyl groups is 1. The van der Waals surface area contributed by atoms with Crippen LogP contribution in [0.15, 0.2) is 23.6 Å². The Hall–Kier alpha value is -2.38. The zero-order valence-corrected chi connectivity index (χ0v) is 17.7. The lowest BCUT2D eigenvalue weighted by molar-refractivity contribution is -0.116. The number of carbonyl (C=O) groups excluding carboxylic acids is 2. The van der Waals surface area contributed by atoms with Gasteiger partial charge in [-0.2, -0.15) is 0 Å². The molecular weight excluding hydrogens is 400 g/mol. The van der Waals surface area contributed by atoms with E-state index in [-0.39, 0.29) is 24.5 Å². The minimum atomic E-state index is -0.728. The second kappa shape index (κ2) is 8.04. The van der Waals surface area contributed by atoms with E-state index >= 15 is 0 Å². The molecule has 30 heavy (non-hydrogen) atoms. The molecule has 2 N–H and O–H groups in total. The van der Waals surface area contributed by atoms with Gasteiger partial charge in [0.2, 0.25) is 5.91 Å². The molecule has 7 heteroatoms. The number of aliphatic hydroxyl groups excluding tert-OH is 1. The van der Waals surface area contributed by atoms with Gasteiger partial charge in [-0.1, -0.05) is 0 Å². The van der Waals surface area contributed by atoms with E-state index in [1.807, 2.05) is 18.2 Å². The van der Waals surface area contributed by atoms with Gasteiger partial charge < -0.3 is 20.1 Å². The number of aryl methyl sites for hydroxylation is 2. The van der Waals surface area contributed by atoms with Crippen molar-refractivity contribution < 1.29 is 19.4 Å². The summed E-state index contributed by atoms with van der Waals surface area (Å²) in [5.41, 5.74) is 4.44. The molecule has 2 aliphatic heterocycles. The van der Waals surface area contributed by atoms with Crippen LogP contribution < -0.4 is 10.1 Å². The van der Waals surface area contributed by atoms with Crippen molar-refractivity contribution in [3.05, 3.63) is 45.1 Å². The van der Waals surface area contributed by atoms with E-state index in [2.05, 4.69) is 10.7 Å². The summed E-state index contributed by atoms with van der Waals surface area (Å²) in [4.78, 5) is 27.2. The third-order valence-electron chi connectivity index (χ3n) is 6.36. The van der Waals surface area contributed by atoms with Gasteiger partial charge in [0.25, 0.3) is 5.91 Å². The Balaban J connectivity index is 1.23. The number of hydrogen-bond donors (Lipinski definition) is 2. The van der Waals surface area contributed by atoms with Gasteiger partial charge in [-0.3, -0.25) is 9.59 Å². The number of likely N-dealkylation sites (tertiary alicyclic amines) is 1. The van der Waals surface area contributed by atoms with E-state index in [0.717, 1.165) is 35.4 Å². The Bertz CT molecular complexity index is 986. The predicted octanol–water partition coefficient (Wildman–Crippen LogP) is 3.17. The van der Waals surface area contributed by atoms with E-state index in [0.29, 0.717) is 31.6 Å². The maximum atomic E-state index is 13.1. The lowest BCUT2D eigenvalue weighted by Crippen LogP contribution is -2.51. The van der Waals surface area contributed by atoms with Crippen molar-refractivity contribution in [1.29, 1.82) is 0 Å². The Morgan fingerprint density at radius 3 is 2.90 bits per heavy atom. The molecule has 1 aliphatic carbocycles. The minimum absolute atomic E-state index is 0.0376. The van der Waals surface area contributed by atoms with Crippen LogP contribution in [0.5, 0.6) is 5.75 Å². The summed E-state index contributed by atoms with van der Waals surface area (Å²) in [7, 11) is 0. The summed E-state index contributed by atoms with van der Waals surface area (Å²) in [6.45, 7) is 0.866. The summed E-state index contributed by atoms with van der Waals surface area (Å²) in [5, 5.41) is 15.7. The zero-order valence-electron chi connectivity index (χ0n) is 16.9. The molecule has 1 fully saturated rings. The number of nitrogens with zero attached hydrogens (tertiary/aromatic N) is 1. The Morgan fingerprint density at radius 1 is 1.17 bits per heavy atom. The first-order chi connectivity index (χ1) is 14.6. The van der Waals surface area contributed by atoms with E-state index in [1.165, 1.54) is 17.5 Å². The van der Waals surface area contributed by atoms with Crippen molar-refractivity contribution in [2.75, 3.05) is 18.4 Å². The maximum Gasteiger partial charge on any atom is 0.264 e. The van der Waals surface area contributed by atoms with Crippen LogP contribution >= 0.6 is 11.3 Å². The van der Waals surface area contributed by atoms with Gasteiger partial charge in [0.15, 0.2) is 0 Å². The summed E-state index contributed by atoms with van der Waals surface area (Å²) in [6.07, 6.45) is 5.10. The molecule has 1 aromatic heterocycles. The molecule has 158 valence electrons. The predicted molar refractivity (Wildman–Crippen MR) is 115 cm³/mol. The summed E-state index contributed by atoms with van der Waals surface area (Å²) in [5.74, 6) is 0.780. The van der Waals surface area contributed by atoms with Gasteiger partial charge in [-0.25, -0.2) is 0 Å². The molecule has 0 spiro atoms. The lowest BCUT2D eigenvalue weighted by Gasteiger charge is -2.36. The van der Waals surface area contributed by atoms with Gasteiger partial charge in [0.1, 0.15) is 18.0 Å². The molecule has 5 rings (SSSR count). The van der Waals surface area contributed by atoms with Crippen molar-refractivity contribution in [3.8, 4) is 5.75 Å². The number of benzene rings is 1. The maximum absolute atomic E-state index is 13.1. The molecule has 0 radical (unpaired) electrons. The van der Waals surface area contributed by atoms with Crippen LogP contribution in [-0.2, 0) is 24.1 Å². The number of anilines is 1. The van der Waals surface area contributed by atoms with Gasteiger partial charge in [-0.15, -0.1) is 11.3 Å². The minimum Gasteiger partial charge on any atom is -0.488 e. The van der Waals surface area contributed by atoms with E-state index < -0.39 is 6.10 Å². The molecule has 0 bridgehead atoms. The second-order valence-electron chi connectivity index (χ2n) is 8.41. The highest BCUT2D eigenvalue weighted by molar-refractivity contribution is 7.12. The molecule has 0 unspecified atom stereocenters. The molecule has 6 nitrogen and oxygen atoms in total. The quantitative estimate of drug-likeness (QED) is 0.790. The third kappa shape index (κ3) is 3.72. The average molecular weight is 427 g/mol. The van der Waals surface area contributed by atoms with Crippen molar-refractivity contribution >= 4 is 28.8 Å². The fourth-order valence-corrected chi connectivity index (χ4v) is 5.81. The fourth-order valence-electron chi connectivity index (χ4n) is 4.68. The number of carbonyl (C=O) groups is 2. The number of hydrogen-bond acceptors (Lipinski definition) is 5. The standard InChI is InChI=1S/C23H26N2O4S/c26-19-12-25(23(28)22-17-4-2-1-3-15(17)13-30-22)10-9-20(19)29-16-6-7-18-14(11-16)5-8-21(27)24-18/h6-7,11,13,19-20,26H,1-5,8-10,12H2,(H,24,27)/t19-,20-/m1/s1. The van der Waals surface area contributed by atoms with Crippen molar-refractivity contribution in [2.45, 2.75) is 57.2 Å².